The van der Waals surface area contributed by atoms with Gasteiger partial charge < -0.3 is 5.32 Å². The van der Waals surface area contributed by atoms with Crippen LogP contribution in [0, 0.1) is 12.7 Å². The van der Waals surface area contributed by atoms with Crippen molar-refractivity contribution >= 4 is 27.3 Å². The summed E-state index contributed by atoms with van der Waals surface area (Å²) in [6, 6.07) is 9.42. The van der Waals surface area contributed by atoms with Crippen LogP contribution >= 0.6 is 27.3 Å². The van der Waals surface area contributed by atoms with Crippen LogP contribution in [0.1, 0.15) is 29.0 Å². The van der Waals surface area contributed by atoms with E-state index < -0.39 is 0 Å². The zero-order chi connectivity index (χ0) is 13.8. The first-order valence-corrected chi connectivity index (χ1v) is 7.94. The Hall–Kier alpha value is -0.710. The lowest BCUT2D eigenvalue weighted by Gasteiger charge is -2.18. The summed E-state index contributed by atoms with van der Waals surface area (Å²) < 4.78 is 14.5. The average Bonchev–Trinajstić information content (AvgIpc) is 2.80. The predicted molar refractivity (Wildman–Crippen MR) is 83.3 cm³/mol. The largest absolute Gasteiger partial charge is 0.309 e. The molecule has 0 bridgehead atoms. The predicted octanol–water partition coefficient (Wildman–Crippen LogP) is 4.85. The highest BCUT2D eigenvalue weighted by Gasteiger charge is 2.15. The van der Waals surface area contributed by atoms with Gasteiger partial charge >= 0.3 is 0 Å². The number of thiophene rings is 1. The molecule has 1 nitrogen and oxygen atoms in total. The van der Waals surface area contributed by atoms with Crippen LogP contribution in [0.4, 0.5) is 4.39 Å². The van der Waals surface area contributed by atoms with Crippen LogP contribution in [0.2, 0.25) is 0 Å². The highest BCUT2D eigenvalue weighted by molar-refractivity contribution is 9.11. The van der Waals surface area contributed by atoms with Gasteiger partial charge in [0.05, 0.1) is 3.79 Å². The molecule has 0 saturated carbocycles. The van der Waals surface area contributed by atoms with Gasteiger partial charge in [-0.25, -0.2) is 4.39 Å². The Morgan fingerprint density at radius 2 is 2.11 bits per heavy atom. The monoisotopic (exact) mass is 341 g/mol. The van der Waals surface area contributed by atoms with E-state index in [0.717, 1.165) is 27.9 Å². The molecule has 2 rings (SSSR count). The second kappa shape index (κ2) is 6.64. The van der Waals surface area contributed by atoms with E-state index in [0.29, 0.717) is 0 Å². The Morgan fingerprint density at radius 3 is 2.74 bits per heavy atom. The lowest BCUT2D eigenvalue weighted by atomic mass is 10.00. The number of aryl methyl sites for hydroxylation is 1. The van der Waals surface area contributed by atoms with Gasteiger partial charge in [0, 0.05) is 10.9 Å². The van der Waals surface area contributed by atoms with E-state index in [4.69, 9.17) is 0 Å². The van der Waals surface area contributed by atoms with Gasteiger partial charge in [-0.05, 0) is 71.2 Å². The van der Waals surface area contributed by atoms with Crippen LogP contribution in [-0.4, -0.2) is 6.54 Å². The molecule has 1 atom stereocenters. The van der Waals surface area contributed by atoms with Crippen molar-refractivity contribution in [2.24, 2.45) is 0 Å². The normalized spacial score (nSPS) is 12.6. The van der Waals surface area contributed by atoms with Crippen molar-refractivity contribution < 1.29 is 4.39 Å². The van der Waals surface area contributed by atoms with E-state index in [2.05, 4.69) is 40.3 Å². The van der Waals surface area contributed by atoms with Crippen LogP contribution in [-0.2, 0) is 6.42 Å². The van der Waals surface area contributed by atoms with Crippen molar-refractivity contribution in [1.82, 2.24) is 5.32 Å². The number of halogens is 2. The summed E-state index contributed by atoms with van der Waals surface area (Å²) in [7, 11) is 0. The van der Waals surface area contributed by atoms with E-state index in [9.17, 15) is 4.39 Å². The lowest BCUT2D eigenvalue weighted by molar-refractivity contribution is 0.553. The van der Waals surface area contributed by atoms with Gasteiger partial charge in [-0.3, -0.25) is 0 Å². The van der Waals surface area contributed by atoms with Crippen molar-refractivity contribution in [2.75, 3.05) is 6.54 Å². The molecule has 19 heavy (non-hydrogen) atoms. The molecule has 0 fully saturated rings. The topological polar surface area (TPSA) is 12.0 Å². The SMILES string of the molecule is CCNC(Cc1cc(F)ccc1C)c1ccc(Br)s1. The summed E-state index contributed by atoms with van der Waals surface area (Å²) in [5.74, 6) is -0.164. The Balaban J connectivity index is 2.23. The van der Waals surface area contributed by atoms with Gasteiger partial charge in [0.2, 0.25) is 0 Å². The first-order chi connectivity index (χ1) is 9.10. The zero-order valence-electron chi connectivity index (χ0n) is 11.0. The molecule has 1 heterocycles. The molecule has 0 radical (unpaired) electrons. The minimum absolute atomic E-state index is 0.164. The summed E-state index contributed by atoms with van der Waals surface area (Å²) in [6.45, 7) is 5.02. The second-order valence-electron chi connectivity index (χ2n) is 4.53. The fourth-order valence-corrected chi connectivity index (χ4v) is 3.61. The van der Waals surface area contributed by atoms with Gasteiger partial charge in [0.1, 0.15) is 5.82 Å². The maximum absolute atomic E-state index is 13.4. The molecule has 0 aliphatic heterocycles. The first kappa shape index (κ1) is 14.7. The summed E-state index contributed by atoms with van der Waals surface area (Å²) >= 11 is 5.22. The molecule has 0 aliphatic rings. The third kappa shape index (κ3) is 3.88. The molecular weight excluding hydrogens is 325 g/mol. The van der Waals surface area contributed by atoms with E-state index in [1.807, 2.05) is 13.0 Å². The van der Waals surface area contributed by atoms with Gasteiger partial charge in [-0.15, -0.1) is 11.3 Å². The molecule has 1 aromatic carbocycles. The van der Waals surface area contributed by atoms with Crippen LogP contribution in [0.3, 0.4) is 0 Å². The third-order valence-corrected chi connectivity index (χ3v) is 4.86. The summed E-state index contributed by atoms with van der Waals surface area (Å²) in [5, 5.41) is 3.47. The minimum atomic E-state index is -0.164. The van der Waals surface area contributed by atoms with E-state index in [1.165, 1.54) is 10.9 Å². The standard InChI is InChI=1S/C15H17BrFNS/c1-3-18-13(14-6-7-15(16)19-14)9-11-8-12(17)5-4-10(11)2/h4-8,13,18H,3,9H2,1-2H3. The number of likely N-dealkylation sites (N-methyl/N-ethyl adjacent to an activating group) is 1. The molecule has 1 N–H and O–H groups in total. The first-order valence-electron chi connectivity index (χ1n) is 6.33. The molecule has 0 amide bonds. The van der Waals surface area contributed by atoms with Gasteiger partial charge in [0.15, 0.2) is 0 Å². The number of nitrogens with one attached hydrogen (secondary N) is 1. The molecule has 1 unspecified atom stereocenters. The highest BCUT2D eigenvalue weighted by atomic mass is 79.9. The van der Waals surface area contributed by atoms with Gasteiger partial charge in [-0.2, -0.15) is 0 Å². The average molecular weight is 342 g/mol. The summed E-state index contributed by atoms with van der Waals surface area (Å²) in [5.41, 5.74) is 2.20. The molecule has 0 saturated heterocycles. The van der Waals surface area contributed by atoms with E-state index >= 15 is 0 Å². The number of benzene rings is 1. The molecule has 0 aliphatic carbocycles. The summed E-state index contributed by atoms with van der Waals surface area (Å²) in [4.78, 5) is 1.28. The number of hydrogen-bond donors (Lipinski definition) is 1. The fourth-order valence-electron chi connectivity index (χ4n) is 2.12. The minimum Gasteiger partial charge on any atom is -0.309 e. The smallest absolute Gasteiger partial charge is 0.123 e. The van der Waals surface area contributed by atoms with Crippen LogP contribution < -0.4 is 5.32 Å². The third-order valence-electron chi connectivity index (χ3n) is 3.12. The molecule has 102 valence electrons. The maximum Gasteiger partial charge on any atom is 0.123 e. The second-order valence-corrected chi connectivity index (χ2v) is 7.02. The fraction of sp³-hybridized carbons (Fsp3) is 0.333. The van der Waals surface area contributed by atoms with E-state index in [-0.39, 0.29) is 11.9 Å². The van der Waals surface area contributed by atoms with Crippen LogP contribution in [0.5, 0.6) is 0 Å². The molecular formula is C15H17BrFNS. The highest BCUT2D eigenvalue weighted by Crippen LogP contribution is 2.30. The number of rotatable bonds is 5. The summed E-state index contributed by atoms with van der Waals surface area (Å²) in [6.07, 6.45) is 0.810. The van der Waals surface area contributed by atoms with Crippen LogP contribution in [0.25, 0.3) is 0 Å². The zero-order valence-corrected chi connectivity index (χ0v) is 13.4. The number of hydrogen-bond acceptors (Lipinski definition) is 2. The van der Waals surface area contributed by atoms with Crippen LogP contribution in [0.15, 0.2) is 34.1 Å². The van der Waals surface area contributed by atoms with Crippen molar-refractivity contribution in [3.63, 3.8) is 0 Å². The Morgan fingerprint density at radius 1 is 1.32 bits per heavy atom. The maximum atomic E-state index is 13.4. The van der Waals surface area contributed by atoms with Crippen molar-refractivity contribution in [2.45, 2.75) is 26.3 Å². The Bertz CT molecular complexity index is 553. The van der Waals surface area contributed by atoms with Gasteiger partial charge in [-0.1, -0.05) is 13.0 Å². The Kier molecular flexibility index (Phi) is 5.13. The van der Waals surface area contributed by atoms with E-state index in [1.54, 1.807) is 17.4 Å². The van der Waals surface area contributed by atoms with Gasteiger partial charge in [0.25, 0.3) is 0 Å². The van der Waals surface area contributed by atoms with Crippen molar-refractivity contribution in [3.05, 3.63) is 55.9 Å². The van der Waals surface area contributed by atoms with Crippen molar-refractivity contribution in [1.29, 1.82) is 0 Å². The molecule has 2 aromatic rings. The molecule has 0 spiro atoms. The van der Waals surface area contributed by atoms with Crippen molar-refractivity contribution in [3.8, 4) is 0 Å². The molecule has 1 aromatic heterocycles. The Labute approximate surface area is 126 Å². The molecule has 4 heteroatoms. The quantitative estimate of drug-likeness (QED) is 0.819. The lowest BCUT2D eigenvalue weighted by Crippen LogP contribution is -2.22.